The fraction of sp³-hybridized carbons (Fsp3) is 1.00. The normalized spacial score (nSPS) is 24.8. The molecule has 0 bridgehead atoms. The molecule has 0 aromatic rings. The van der Waals surface area contributed by atoms with Gasteiger partial charge >= 0.3 is 0 Å². The van der Waals surface area contributed by atoms with E-state index in [1.165, 1.54) is 6.42 Å². The van der Waals surface area contributed by atoms with Crippen LogP contribution in [-0.4, -0.2) is 25.3 Å². The molecule has 1 saturated heterocycles. The molecule has 1 aliphatic heterocycles. The molecule has 1 aliphatic rings. The van der Waals surface area contributed by atoms with Crippen LogP contribution in [-0.2, 0) is 4.74 Å². The van der Waals surface area contributed by atoms with Gasteiger partial charge in [-0.2, -0.15) is 0 Å². The summed E-state index contributed by atoms with van der Waals surface area (Å²) in [6, 6.07) is 0. The maximum absolute atomic E-state index is 5.85. The predicted octanol–water partition coefficient (Wildman–Crippen LogP) is 1.55. The maximum Gasteiger partial charge on any atom is 0.0715 e. The van der Waals surface area contributed by atoms with Crippen molar-refractivity contribution < 1.29 is 4.74 Å². The highest BCUT2D eigenvalue weighted by Gasteiger charge is 2.17. The molecule has 11 heavy (non-hydrogen) atoms. The molecule has 1 atom stereocenters. The lowest BCUT2D eigenvalue weighted by molar-refractivity contribution is -0.00463. The van der Waals surface area contributed by atoms with Crippen LogP contribution in [0.2, 0.25) is 0 Å². The maximum atomic E-state index is 5.85. The van der Waals surface area contributed by atoms with E-state index in [9.17, 15) is 0 Å². The van der Waals surface area contributed by atoms with Crippen LogP contribution in [0.3, 0.4) is 0 Å². The highest BCUT2D eigenvalue weighted by Crippen LogP contribution is 2.11. The Bertz CT molecular complexity index is 95.7. The molecule has 1 rings (SSSR count). The van der Waals surface area contributed by atoms with Crippen LogP contribution in [0, 0.1) is 0 Å². The summed E-state index contributed by atoms with van der Waals surface area (Å²) in [6.45, 7) is 6.56. The second kappa shape index (κ2) is 4.73. The monoisotopic (exact) mass is 157 g/mol. The standard InChI is InChI=1S/C9H19NO/c1-3-8(4-2)11-9-5-6-10-7-9/h8-10H,3-7H2,1-2H3/t9-/m1/s1. The van der Waals surface area contributed by atoms with Crippen molar-refractivity contribution in [3.8, 4) is 0 Å². The van der Waals surface area contributed by atoms with Crippen LogP contribution < -0.4 is 5.32 Å². The molecule has 2 heteroatoms. The van der Waals surface area contributed by atoms with Gasteiger partial charge in [0.25, 0.3) is 0 Å². The fourth-order valence-electron chi connectivity index (χ4n) is 1.50. The Morgan fingerprint density at radius 3 is 2.64 bits per heavy atom. The van der Waals surface area contributed by atoms with Gasteiger partial charge in [-0.15, -0.1) is 0 Å². The van der Waals surface area contributed by atoms with Gasteiger partial charge in [0.1, 0.15) is 0 Å². The zero-order chi connectivity index (χ0) is 8.10. The first-order valence-electron chi connectivity index (χ1n) is 4.73. The molecule has 0 aromatic carbocycles. The largest absolute Gasteiger partial charge is 0.374 e. The summed E-state index contributed by atoms with van der Waals surface area (Å²) in [5.74, 6) is 0. The van der Waals surface area contributed by atoms with Crippen LogP contribution in [0.25, 0.3) is 0 Å². The topological polar surface area (TPSA) is 21.3 Å². The van der Waals surface area contributed by atoms with E-state index in [1.807, 2.05) is 0 Å². The molecule has 0 unspecified atom stereocenters. The summed E-state index contributed by atoms with van der Waals surface area (Å²) >= 11 is 0. The van der Waals surface area contributed by atoms with Gasteiger partial charge in [-0.1, -0.05) is 13.8 Å². The van der Waals surface area contributed by atoms with Crippen LogP contribution in [0.5, 0.6) is 0 Å². The Hall–Kier alpha value is -0.0800. The highest BCUT2D eigenvalue weighted by atomic mass is 16.5. The van der Waals surface area contributed by atoms with Gasteiger partial charge < -0.3 is 10.1 Å². The van der Waals surface area contributed by atoms with Crippen molar-refractivity contribution in [1.82, 2.24) is 5.32 Å². The van der Waals surface area contributed by atoms with Gasteiger partial charge in [-0.3, -0.25) is 0 Å². The smallest absolute Gasteiger partial charge is 0.0715 e. The van der Waals surface area contributed by atoms with Gasteiger partial charge in [0.15, 0.2) is 0 Å². The summed E-state index contributed by atoms with van der Waals surface area (Å²) in [5, 5.41) is 3.30. The number of ether oxygens (including phenoxy) is 1. The zero-order valence-corrected chi connectivity index (χ0v) is 7.60. The summed E-state index contributed by atoms with van der Waals surface area (Å²) in [5.41, 5.74) is 0. The van der Waals surface area contributed by atoms with Crippen molar-refractivity contribution in [2.45, 2.75) is 45.3 Å². The first-order chi connectivity index (χ1) is 5.36. The molecular weight excluding hydrogens is 138 g/mol. The molecule has 0 amide bonds. The molecule has 1 N–H and O–H groups in total. The first-order valence-corrected chi connectivity index (χ1v) is 4.73. The van der Waals surface area contributed by atoms with Crippen molar-refractivity contribution in [3.05, 3.63) is 0 Å². The lowest BCUT2D eigenvalue weighted by Crippen LogP contribution is -2.23. The third-order valence-corrected chi connectivity index (χ3v) is 2.31. The first kappa shape index (κ1) is 9.01. The van der Waals surface area contributed by atoms with Crippen molar-refractivity contribution >= 4 is 0 Å². The molecule has 0 radical (unpaired) electrons. The van der Waals surface area contributed by atoms with E-state index in [1.54, 1.807) is 0 Å². The van der Waals surface area contributed by atoms with E-state index in [-0.39, 0.29) is 0 Å². The third-order valence-electron chi connectivity index (χ3n) is 2.31. The molecule has 0 aliphatic carbocycles. The lowest BCUT2D eigenvalue weighted by Gasteiger charge is -2.18. The molecule has 1 fully saturated rings. The van der Waals surface area contributed by atoms with Crippen molar-refractivity contribution in [1.29, 1.82) is 0 Å². The molecule has 66 valence electrons. The lowest BCUT2D eigenvalue weighted by atomic mass is 10.2. The number of rotatable bonds is 4. The summed E-state index contributed by atoms with van der Waals surface area (Å²) in [7, 11) is 0. The Labute approximate surface area is 69.3 Å². The number of nitrogens with one attached hydrogen (secondary N) is 1. The third kappa shape index (κ3) is 2.80. The van der Waals surface area contributed by atoms with E-state index < -0.39 is 0 Å². The zero-order valence-electron chi connectivity index (χ0n) is 7.60. The second-order valence-electron chi connectivity index (χ2n) is 3.19. The van der Waals surface area contributed by atoms with Crippen molar-refractivity contribution in [2.75, 3.05) is 13.1 Å². The van der Waals surface area contributed by atoms with Crippen LogP contribution in [0.1, 0.15) is 33.1 Å². The van der Waals surface area contributed by atoms with Crippen LogP contribution >= 0.6 is 0 Å². The van der Waals surface area contributed by atoms with Gasteiger partial charge in [-0.05, 0) is 25.8 Å². The highest BCUT2D eigenvalue weighted by molar-refractivity contribution is 4.72. The van der Waals surface area contributed by atoms with Gasteiger partial charge in [0.2, 0.25) is 0 Å². The van der Waals surface area contributed by atoms with E-state index in [2.05, 4.69) is 19.2 Å². The van der Waals surface area contributed by atoms with Crippen molar-refractivity contribution in [3.63, 3.8) is 0 Å². The molecule has 2 nitrogen and oxygen atoms in total. The number of hydrogen-bond donors (Lipinski definition) is 1. The van der Waals surface area contributed by atoms with Gasteiger partial charge in [-0.25, -0.2) is 0 Å². The molecule has 0 spiro atoms. The average molecular weight is 157 g/mol. The van der Waals surface area contributed by atoms with Crippen LogP contribution in [0.15, 0.2) is 0 Å². The summed E-state index contributed by atoms with van der Waals surface area (Å²) in [6.07, 6.45) is 4.45. The second-order valence-corrected chi connectivity index (χ2v) is 3.19. The average Bonchev–Trinajstić information content (AvgIpc) is 2.52. The van der Waals surface area contributed by atoms with E-state index in [4.69, 9.17) is 4.74 Å². The Morgan fingerprint density at radius 2 is 2.18 bits per heavy atom. The minimum absolute atomic E-state index is 0.486. The molecular formula is C9H19NO. The minimum atomic E-state index is 0.486. The van der Waals surface area contributed by atoms with E-state index in [0.717, 1.165) is 25.9 Å². The summed E-state index contributed by atoms with van der Waals surface area (Å²) in [4.78, 5) is 0. The molecule has 0 saturated carbocycles. The van der Waals surface area contributed by atoms with Crippen molar-refractivity contribution in [2.24, 2.45) is 0 Å². The quantitative estimate of drug-likeness (QED) is 0.668. The van der Waals surface area contributed by atoms with Crippen LogP contribution in [0.4, 0.5) is 0 Å². The van der Waals surface area contributed by atoms with E-state index in [0.29, 0.717) is 12.2 Å². The predicted molar refractivity (Wildman–Crippen MR) is 46.7 cm³/mol. The fourth-order valence-corrected chi connectivity index (χ4v) is 1.50. The Kier molecular flexibility index (Phi) is 3.87. The van der Waals surface area contributed by atoms with Gasteiger partial charge in [0.05, 0.1) is 12.2 Å². The number of hydrogen-bond acceptors (Lipinski definition) is 2. The van der Waals surface area contributed by atoms with E-state index >= 15 is 0 Å². The minimum Gasteiger partial charge on any atom is -0.374 e. The Balaban J connectivity index is 2.16. The SMILES string of the molecule is CCC(CC)O[C@@H]1CCNC1. The van der Waals surface area contributed by atoms with Gasteiger partial charge in [0, 0.05) is 6.54 Å². The molecule has 0 aromatic heterocycles. The Morgan fingerprint density at radius 1 is 1.45 bits per heavy atom. The molecule has 1 heterocycles. The summed E-state index contributed by atoms with van der Waals surface area (Å²) < 4.78 is 5.85.